The number of hydrogen-bond acceptors (Lipinski definition) is 15. The molecule has 452 valence electrons. The molecule has 2 unspecified atom stereocenters. The molecule has 0 saturated carbocycles. The minimum absolute atomic E-state index is 0.0349. The van der Waals surface area contributed by atoms with Crippen molar-refractivity contribution >= 4 is 31.5 Å². The highest BCUT2D eigenvalue weighted by Crippen LogP contribution is 2.51. The number of fused-ring (bicyclic) bond motifs is 1. The van der Waals surface area contributed by atoms with Gasteiger partial charge in [0.05, 0.1) is 72.7 Å². The predicted molar refractivity (Wildman–Crippen MR) is 339 cm³/mol. The first-order chi connectivity index (χ1) is 42.0. The van der Waals surface area contributed by atoms with E-state index in [2.05, 4.69) is 106 Å². The molecule has 0 radical (unpaired) electrons. The molecule has 8 aromatic rings. The Morgan fingerprint density at radius 1 is 0.651 bits per heavy atom. The van der Waals surface area contributed by atoms with Crippen molar-refractivity contribution in [2.45, 2.75) is 132 Å². The highest BCUT2D eigenvalue weighted by molar-refractivity contribution is 7.99. The molecule has 9 rings (SSSR count). The number of benzene rings is 6. The van der Waals surface area contributed by atoms with Gasteiger partial charge in [0.2, 0.25) is 0 Å². The Kier molecular flexibility index (Phi) is 22.7. The molecular formula is C69H81N6O9PS. The minimum atomic E-state index is -1.66. The van der Waals surface area contributed by atoms with Crippen molar-refractivity contribution in [1.29, 1.82) is 5.26 Å². The summed E-state index contributed by atoms with van der Waals surface area (Å²) in [6.07, 6.45) is 7.10. The fraction of sp³-hybridized carbons (Fsp3) is 0.391. The zero-order chi connectivity index (χ0) is 60.5. The van der Waals surface area contributed by atoms with Crippen molar-refractivity contribution in [1.82, 2.24) is 24.2 Å². The fourth-order valence-electron chi connectivity index (χ4n) is 11.4. The van der Waals surface area contributed by atoms with Crippen LogP contribution in [-0.2, 0) is 34.5 Å². The molecule has 5 atom stereocenters. The third-order valence-electron chi connectivity index (χ3n) is 15.7. The first-order valence-electron chi connectivity index (χ1n) is 29.7. The van der Waals surface area contributed by atoms with E-state index in [1.54, 1.807) is 52.9 Å². The summed E-state index contributed by atoms with van der Waals surface area (Å²) in [7, 11) is 5.04. The van der Waals surface area contributed by atoms with Crippen molar-refractivity contribution in [3.05, 3.63) is 204 Å². The first-order valence-corrected chi connectivity index (χ1v) is 31.8. The van der Waals surface area contributed by atoms with Crippen LogP contribution in [0.2, 0.25) is 0 Å². The van der Waals surface area contributed by atoms with Gasteiger partial charge in [0.25, 0.3) is 8.53 Å². The zero-order valence-electron chi connectivity index (χ0n) is 50.9. The summed E-state index contributed by atoms with van der Waals surface area (Å²) in [5.41, 5.74) is 5.19. The number of thioether (sulfide) groups is 1. The van der Waals surface area contributed by atoms with Crippen LogP contribution in [0.25, 0.3) is 11.2 Å². The molecule has 6 aromatic carbocycles. The van der Waals surface area contributed by atoms with E-state index >= 15 is 0 Å². The number of aromatic nitrogens is 4. The fourth-order valence-corrected chi connectivity index (χ4v) is 14.1. The quantitative estimate of drug-likeness (QED) is 0.0129. The number of ether oxygens (including phenoxy) is 7. The number of nitriles is 1. The molecule has 1 fully saturated rings. The number of hydrogen-bond donors (Lipinski definition) is 0. The second kappa shape index (κ2) is 30.6. The lowest BCUT2D eigenvalue weighted by Gasteiger charge is -2.39. The topological polar surface area (TPSA) is 154 Å². The molecule has 0 amide bonds. The average Bonchev–Trinajstić information content (AvgIpc) is 1.03. The second-order valence-corrected chi connectivity index (χ2v) is 24.2. The summed E-state index contributed by atoms with van der Waals surface area (Å²) in [5.74, 6) is 3.87. The van der Waals surface area contributed by atoms with Gasteiger partial charge in [-0.3, -0.25) is 4.57 Å². The molecule has 86 heavy (non-hydrogen) atoms. The number of unbranched alkanes of at least 4 members (excludes halogenated alkanes) is 2. The molecule has 2 aromatic heterocycles. The normalized spacial score (nSPS) is 16.2. The molecule has 3 heterocycles. The maximum Gasteiger partial charge on any atom is 0.259 e. The van der Waals surface area contributed by atoms with E-state index in [4.69, 9.17) is 57.2 Å². The Hall–Kier alpha value is -6.90. The van der Waals surface area contributed by atoms with Crippen LogP contribution < -0.4 is 18.9 Å². The standard InChI is InChI=1S/C69H81N6O9PS/c1-10-57(83-69(52-23-16-12-17-24-52,55-30-38-60(78-8)39-31-55)56-32-40-61(79-9)41-33-56)25-18-13-19-44-86-67-65-66(71-47-72-67)74(48-73-65)64-45-62(84-85(81-43-20-42-70)75(49(2)3)50(4)5)63(82-64)46-80-68(51-21-14-11-15-22-51,53-26-34-58(76-6)35-27-53)54-28-36-59(77-7)37-29-54/h11-12,14-17,21-24,26-41,47-50,57,62-64H,10,13,18-20,25,43-46H2,1-9H3/t57?,62-,63+,64+,85?/m0/s1. The number of imidazole rings is 1. The maximum absolute atomic E-state index is 9.59. The number of rotatable bonds is 32. The van der Waals surface area contributed by atoms with E-state index in [-0.39, 0.29) is 37.8 Å². The lowest BCUT2D eigenvalue weighted by atomic mass is 9.79. The van der Waals surface area contributed by atoms with Crippen LogP contribution >= 0.6 is 20.3 Å². The van der Waals surface area contributed by atoms with Crippen molar-refractivity contribution in [2.24, 2.45) is 0 Å². The van der Waals surface area contributed by atoms with Gasteiger partial charge in [-0.2, -0.15) is 5.26 Å². The molecule has 0 aliphatic carbocycles. The number of methoxy groups -OCH3 is 4. The highest BCUT2D eigenvalue weighted by Gasteiger charge is 2.46. The van der Waals surface area contributed by atoms with Crippen LogP contribution in [0.15, 0.2) is 175 Å². The van der Waals surface area contributed by atoms with E-state index in [0.717, 1.165) is 99.3 Å². The van der Waals surface area contributed by atoms with E-state index in [1.165, 1.54) is 0 Å². The summed E-state index contributed by atoms with van der Waals surface area (Å²) >= 11 is 1.69. The predicted octanol–water partition coefficient (Wildman–Crippen LogP) is 15.3. The Bertz CT molecular complexity index is 3270. The summed E-state index contributed by atoms with van der Waals surface area (Å²) in [6, 6.07) is 55.6. The van der Waals surface area contributed by atoms with Crippen LogP contribution in [0, 0.1) is 11.3 Å². The van der Waals surface area contributed by atoms with Gasteiger partial charge in [-0.15, -0.1) is 11.8 Å². The summed E-state index contributed by atoms with van der Waals surface area (Å²) in [4.78, 5) is 14.6. The third kappa shape index (κ3) is 14.6. The highest BCUT2D eigenvalue weighted by atomic mass is 32.2. The monoisotopic (exact) mass is 1200 g/mol. The lowest BCUT2D eigenvalue weighted by molar-refractivity contribution is -0.0912. The average molecular weight is 1200 g/mol. The van der Waals surface area contributed by atoms with Gasteiger partial charge >= 0.3 is 0 Å². The van der Waals surface area contributed by atoms with E-state index in [0.29, 0.717) is 17.6 Å². The molecule has 1 saturated heterocycles. The second-order valence-electron chi connectivity index (χ2n) is 21.7. The van der Waals surface area contributed by atoms with Crippen LogP contribution in [0.3, 0.4) is 0 Å². The van der Waals surface area contributed by atoms with Gasteiger partial charge in [0.15, 0.2) is 5.65 Å². The van der Waals surface area contributed by atoms with Gasteiger partial charge in [-0.25, -0.2) is 19.6 Å². The Balaban J connectivity index is 0.943. The van der Waals surface area contributed by atoms with Gasteiger partial charge in [-0.05, 0) is 135 Å². The molecule has 17 heteroatoms. The van der Waals surface area contributed by atoms with Crippen molar-refractivity contribution in [3.8, 4) is 29.1 Å². The molecule has 0 N–H and O–H groups in total. The van der Waals surface area contributed by atoms with Gasteiger partial charge in [0, 0.05) is 18.5 Å². The van der Waals surface area contributed by atoms with Crippen LogP contribution in [0.4, 0.5) is 0 Å². The first kappa shape index (κ1) is 63.6. The van der Waals surface area contributed by atoms with Crippen molar-refractivity contribution in [3.63, 3.8) is 0 Å². The molecule has 15 nitrogen and oxygen atoms in total. The van der Waals surface area contributed by atoms with E-state index in [9.17, 15) is 5.26 Å². The molecule has 1 aliphatic heterocycles. The minimum Gasteiger partial charge on any atom is -0.497 e. The lowest BCUT2D eigenvalue weighted by Crippen LogP contribution is -2.39. The van der Waals surface area contributed by atoms with Crippen LogP contribution in [0.5, 0.6) is 23.0 Å². The van der Waals surface area contributed by atoms with Crippen LogP contribution in [-0.4, -0.2) is 102 Å². The van der Waals surface area contributed by atoms with E-state index in [1.807, 2.05) is 102 Å². The number of nitrogens with zero attached hydrogens (tertiary/aromatic N) is 6. The maximum atomic E-state index is 9.59. The summed E-state index contributed by atoms with van der Waals surface area (Å²) in [5, 5.41) is 10.4. The smallest absolute Gasteiger partial charge is 0.259 e. The van der Waals surface area contributed by atoms with Gasteiger partial charge in [0.1, 0.15) is 63.4 Å². The zero-order valence-corrected chi connectivity index (χ0v) is 52.6. The van der Waals surface area contributed by atoms with Crippen LogP contribution in [0.1, 0.15) is 119 Å². The third-order valence-corrected chi connectivity index (χ3v) is 18.9. The Morgan fingerprint density at radius 2 is 1.15 bits per heavy atom. The van der Waals surface area contributed by atoms with Gasteiger partial charge in [-0.1, -0.05) is 129 Å². The van der Waals surface area contributed by atoms with E-state index < -0.39 is 38.2 Å². The molecular weight excluding hydrogens is 1120 g/mol. The molecule has 0 spiro atoms. The summed E-state index contributed by atoms with van der Waals surface area (Å²) < 4.78 is 62.5. The van der Waals surface area contributed by atoms with Crippen molar-refractivity contribution in [2.75, 3.05) is 47.4 Å². The Morgan fingerprint density at radius 3 is 1.64 bits per heavy atom. The summed E-state index contributed by atoms with van der Waals surface area (Å²) in [6.45, 7) is 11.1. The molecule has 1 aliphatic rings. The Labute approximate surface area is 513 Å². The van der Waals surface area contributed by atoms with Crippen molar-refractivity contribution < 1.29 is 42.2 Å². The van der Waals surface area contributed by atoms with Gasteiger partial charge < -0.3 is 42.2 Å². The largest absolute Gasteiger partial charge is 0.497 e. The SMILES string of the molecule is CCC(CCCCCSc1ncnc2c1ncn2[C@H]1C[C@H](OP(OCCC#N)N(C(C)C)C(C)C)[C@@H](COC(c2ccccc2)(c2ccc(OC)cc2)c2ccc(OC)cc2)O1)OC(c1ccccc1)(c1ccc(OC)cc1)c1ccc(OC)cc1. The molecule has 0 bridgehead atoms.